The molecule has 21 heavy (non-hydrogen) atoms. The molecule has 0 aliphatic rings. The van der Waals surface area contributed by atoms with Crippen LogP contribution in [0.15, 0.2) is 53.0 Å². The molecule has 4 heteroatoms. The molecule has 1 unspecified atom stereocenters. The number of rotatable bonds is 6. The lowest BCUT2D eigenvalue weighted by atomic mass is 10.1. The Morgan fingerprint density at radius 2 is 1.71 bits per heavy atom. The van der Waals surface area contributed by atoms with Gasteiger partial charge in [-0.2, -0.15) is 0 Å². The van der Waals surface area contributed by atoms with E-state index in [4.69, 9.17) is 11.6 Å². The van der Waals surface area contributed by atoms with E-state index in [-0.39, 0.29) is 0 Å². The second-order valence-electron chi connectivity index (χ2n) is 5.22. The van der Waals surface area contributed by atoms with Crippen molar-refractivity contribution in [2.45, 2.75) is 19.1 Å². The average molecular weight is 369 g/mol. The van der Waals surface area contributed by atoms with Crippen LogP contribution in [0.2, 0.25) is 5.02 Å². The third-order valence-corrected chi connectivity index (χ3v) is 4.19. The normalized spacial score (nSPS) is 12.6. The van der Waals surface area contributed by atoms with Crippen LogP contribution in [0.1, 0.15) is 23.7 Å². The molecule has 0 aromatic heterocycles. The van der Waals surface area contributed by atoms with E-state index in [1.165, 1.54) is 5.56 Å². The number of halogens is 2. The van der Waals surface area contributed by atoms with Crippen LogP contribution in [-0.4, -0.2) is 23.6 Å². The predicted octanol–water partition coefficient (Wildman–Crippen LogP) is 4.66. The van der Waals surface area contributed by atoms with Crippen molar-refractivity contribution >= 4 is 27.5 Å². The molecule has 2 aromatic carbocycles. The summed E-state index contributed by atoms with van der Waals surface area (Å²) in [7, 11) is 2.07. The Morgan fingerprint density at radius 1 is 1.10 bits per heavy atom. The van der Waals surface area contributed by atoms with Gasteiger partial charge in [-0.15, -0.1) is 0 Å². The van der Waals surface area contributed by atoms with Gasteiger partial charge < -0.3 is 10.0 Å². The second-order valence-corrected chi connectivity index (χ2v) is 6.57. The van der Waals surface area contributed by atoms with Gasteiger partial charge in [-0.25, -0.2) is 0 Å². The van der Waals surface area contributed by atoms with Gasteiger partial charge in [0.25, 0.3) is 0 Å². The maximum absolute atomic E-state index is 10.2. The van der Waals surface area contributed by atoms with Crippen molar-refractivity contribution in [3.05, 3.63) is 69.2 Å². The van der Waals surface area contributed by atoms with Gasteiger partial charge in [-0.05, 0) is 48.9 Å². The molecule has 0 radical (unpaired) electrons. The minimum atomic E-state index is -0.449. The van der Waals surface area contributed by atoms with Crippen molar-refractivity contribution in [1.82, 2.24) is 4.90 Å². The van der Waals surface area contributed by atoms with Crippen LogP contribution in [0.5, 0.6) is 0 Å². The highest BCUT2D eigenvalue weighted by Crippen LogP contribution is 2.19. The van der Waals surface area contributed by atoms with Crippen LogP contribution in [0.25, 0.3) is 0 Å². The van der Waals surface area contributed by atoms with Crippen molar-refractivity contribution in [1.29, 1.82) is 0 Å². The van der Waals surface area contributed by atoms with Crippen molar-refractivity contribution in [3.63, 3.8) is 0 Å². The molecule has 0 heterocycles. The van der Waals surface area contributed by atoms with E-state index in [2.05, 4.69) is 40.0 Å². The lowest BCUT2D eigenvalue weighted by Gasteiger charge is -2.19. The largest absolute Gasteiger partial charge is 0.388 e. The quantitative estimate of drug-likeness (QED) is 0.801. The molecule has 0 spiro atoms. The van der Waals surface area contributed by atoms with E-state index >= 15 is 0 Å². The first-order valence-corrected chi connectivity index (χ1v) is 8.08. The molecule has 1 N–H and O–H groups in total. The summed E-state index contributed by atoms with van der Waals surface area (Å²) in [6.07, 6.45) is 0.254. The van der Waals surface area contributed by atoms with Gasteiger partial charge in [0.1, 0.15) is 0 Å². The van der Waals surface area contributed by atoms with Crippen molar-refractivity contribution in [3.8, 4) is 0 Å². The fourth-order valence-electron chi connectivity index (χ4n) is 2.17. The summed E-state index contributed by atoms with van der Waals surface area (Å²) in [4.78, 5) is 2.21. The fraction of sp³-hybridized carbons (Fsp3) is 0.294. The van der Waals surface area contributed by atoms with Gasteiger partial charge in [0.2, 0.25) is 0 Å². The average Bonchev–Trinajstić information content (AvgIpc) is 2.48. The molecule has 0 bridgehead atoms. The Hall–Kier alpha value is -0.870. The topological polar surface area (TPSA) is 23.5 Å². The Bertz CT molecular complexity index is 556. The van der Waals surface area contributed by atoms with Crippen LogP contribution in [0, 0.1) is 0 Å². The Kier molecular flexibility index (Phi) is 6.24. The molecule has 0 fully saturated rings. The fourth-order valence-corrected chi connectivity index (χ4v) is 2.57. The SMILES string of the molecule is CN(CCC(O)c1ccc(Cl)cc1)Cc1ccc(Br)cc1. The summed E-state index contributed by atoms with van der Waals surface area (Å²) < 4.78 is 1.09. The molecule has 0 aliphatic carbocycles. The van der Waals surface area contributed by atoms with E-state index in [0.717, 1.165) is 23.1 Å². The third-order valence-electron chi connectivity index (χ3n) is 3.40. The zero-order valence-electron chi connectivity index (χ0n) is 12.0. The molecule has 0 saturated heterocycles. The number of aliphatic hydroxyl groups is 1. The van der Waals surface area contributed by atoms with Gasteiger partial charge in [-0.3, -0.25) is 0 Å². The molecule has 2 nitrogen and oxygen atoms in total. The zero-order valence-corrected chi connectivity index (χ0v) is 14.3. The first-order chi connectivity index (χ1) is 10.0. The molecule has 1 atom stereocenters. The minimum absolute atomic E-state index is 0.449. The van der Waals surface area contributed by atoms with E-state index in [1.54, 1.807) is 0 Å². The highest BCUT2D eigenvalue weighted by molar-refractivity contribution is 9.10. The number of benzene rings is 2. The maximum Gasteiger partial charge on any atom is 0.0802 e. The molecule has 112 valence electrons. The summed E-state index contributed by atoms with van der Waals surface area (Å²) in [5.41, 5.74) is 2.18. The summed E-state index contributed by atoms with van der Waals surface area (Å²) >= 11 is 9.29. The zero-order chi connectivity index (χ0) is 15.2. The van der Waals surface area contributed by atoms with Crippen LogP contribution >= 0.6 is 27.5 Å². The number of aliphatic hydroxyl groups excluding tert-OH is 1. The lowest BCUT2D eigenvalue weighted by Crippen LogP contribution is -2.20. The number of nitrogens with zero attached hydrogens (tertiary/aromatic N) is 1. The Morgan fingerprint density at radius 3 is 2.33 bits per heavy atom. The lowest BCUT2D eigenvalue weighted by molar-refractivity contribution is 0.147. The first kappa shape index (κ1) is 16.5. The molecule has 0 amide bonds. The van der Waals surface area contributed by atoms with Crippen LogP contribution < -0.4 is 0 Å². The maximum atomic E-state index is 10.2. The van der Waals surface area contributed by atoms with E-state index < -0.39 is 6.10 Å². The monoisotopic (exact) mass is 367 g/mol. The third kappa shape index (κ3) is 5.44. The van der Waals surface area contributed by atoms with Crippen LogP contribution in [-0.2, 0) is 6.54 Å². The molecule has 2 aromatic rings. The Balaban J connectivity index is 1.81. The summed E-state index contributed by atoms with van der Waals surface area (Å²) in [6, 6.07) is 15.7. The van der Waals surface area contributed by atoms with Crippen molar-refractivity contribution in [2.75, 3.05) is 13.6 Å². The van der Waals surface area contributed by atoms with E-state index in [1.807, 2.05) is 36.4 Å². The molecule has 0 aliphatic heterocycles. The van der Waals surface area contributed by atoms with Crippen molar-refractivity contribution < 1.29 is 5.11 Å². The highest BCUT2D eigenvalue weighted by Gasteiger charge is 2.09. The Labute approximate surface area is 139 Å². The number of hydrogen-bond donors (Lipinski definition) is 1. The van der Waals surface area contributed by atoms with E-state index in [9.17, 15) is 5.11 Å². The van der Waals surface area contributed by atoms with E-state index in [0.29, 0.717) is 11.4 Å². The molecule has 2 rings (SSSR count). The molecular weight excluding hydrogens is 350 g/mol. The smallest absolute Gasteiger partial charge is 0.0802 e. The van der Waals surface area contributed by atoms with Gasteiger partial charge in [0.05, 0.1) is 6.10 Å². The molecule has 0 saturated carbocycles. The van der Waals surface area contributed by atoms with Gasteiger partial charge >= 0.3 is 0 Å². The minimum Gasteiger partial charge on any atom is -0.388 e. The van der Waals surface area contributed by atoms with Gasteiger partial charge in [0.15, 0.2) is 0 Å². The molecular formula is C17H19BrClNO. The summed E-state index contributed by atoms with van der Waals surface area (Å²) in [5, 5.41) is 10.9. The summed E-state index contributed by atoms with van der Waals surface area (Å²) in [5.74, 6) is 0. The van der Waals surface area contributed by atoms with Crippen molar-refractivity contribution in [2.24, 2.45) is 0 Å². The highest BCUT2D eigenvalue weighted by atomic mass is 79.9. The summed E-state index contributed by atoms with van der Waals surface area (Å²) in [6.45, 7) is 1.71. The standard InChI is InChI=1S/C17H19BrClNO/c1-20(12-13-2-6-15(18)7-3-13)11-10-17(21)14-4-8-16(19)9-5-14/h2-9,17,21H,10-12H2,1H3. The second kappa shape index (κ2) is 7.95. The van der Waals surface area contributed by atoms with Gasteiger partial charge in [-0.1, -0.05) is 51.8 Å². The van der Waals surface area contributed by atoms with Crippen LogP contribution in [0.4, 0.5) is 0 Å². The number of hydrogen-bond acceptors (Lipinski definition) is 2. The predicted molar refractivity (Wildman–Crippen MR) is 91.5 cm³/mol. The van der Waals surface area contributed by atoms with Gasteiger partial charge in [0, 0.05) is 22.6 Å². The van der Waals surface area contributed by atoms with Crippen LogP contribution in [0.3, 0.4) is 0 Å². The first-order valence-electron chi connectivity index (χ1n) is 6.91.